The number of likely N-dealkylation sites (tertiary alicyclic amines) is 2. The van der Waals surface area contributed by atoms with Crippen molar-refractivity contribution in [3.05, 3.63) is 76.7 Å². The van der Waals surface area contributed by atoms with Crippen molar-refractivity contribution in [2.24, 2.45) is 10.9 Å². The van der Waals surface area contributed by atoms with E-state index in [1.165, 1.54) is 24.3 Å². The highest BCUT2D eigenvalue weighted by atomic mass is 35.5. The summed E-state index contributed by atoms with van der Waals surface area (Å²) in [4.78, 5) is 37.1. The zero-order valence-electron chi connectivity index (χ0n) is 24.0. The number of nitrogens with zero attached hydrogens (tertiary/aromatic N) is 4. The molecular weight excluding hydrogens is 600 g/mol. The Morgan fingerprint density at radius 2 is 1.61 bits per heavy atom. The van der Waals surface area contributed by atoms with Gasteiger partial charge < -0.3 is 14.5 Å². The molecule has 7 nitrogen and oxygen atoms in total. The fourth-order valence-corrected chi connectivity index (χ4v) is 6.60. The van der Waals surface area contributed by atoms with E-state index in [0.717, 1.165) is 24.6 Å². The Balaban J connectivity index is 1.16. The molecule has 2 saturated heterocycles. The van der Waals surface area contributed by atoms with Crippen molar-refractivity contribution in [1.82, 2.24) is 14.7 Å². The van der Waals surface area contributed by atoms with Crippen molar-refractivity contribution in [2.75, 3.05) is 26.2 Å². The number of carbonyl (C=O) groups excluding carboxylic acids is 2. The summed E-state index contributed by atoms with van der Waals surface area (Å²) in [5.74, 6) is 0.0640. The van der Waals surface area contributed by atoms with E-state index in [4.69, 9.17) is 16.3 Å². The number of allylic oxidation sites excluding steroid dienone is 1. The van der Waals surface area contributed by atoms with Gasteiger partial charge in [0, 0.05) is 61.7 Å². The van der Waals surface area contributed by atoms with Crippen LogP contribution in [-0.4, -0.2) is 77.0 Å². The Morgan fingerprint density at radius 1 is 0.932 bits per heavy atom. The van der Waals surface area contributed by atoms with E-state index in [2.05, 4.69) is 4.99 Å². The average Bonchev–Trinajstić information content (AvgIpc) is 3.76. The molecule has 6 rings (SSSR count). The number of ether oxygens (including phenoxy) is 1. The van der Waals surface area contributed by atoms with Crippen LogP contribution in [0.15, 0.2) is 65.3 Å². The molecular formula is C32H33ClF4N4O3. The fourth-order valence-electron chi connectivity index (χ4n) is 6.48. The molecule has 0 radical (unpaired) electrons. The van der Waals surface area contributed by atoms with Gasteiger partial charge in [0.05, 0.1) is 11.6 Å². The van der Waals surface area contributed by atoms with Gasteiger partial charge in [0.1, 0.15) is 17.4 Å². The highest BCUT2D eigenvalue weighted by molar-refractivity contribution is 6.30. The lowest BCUT2D eigenvalue weighted by Crippen LogP contribution is -2.48. The van der Waals surface area contributed by atoms with Crippen molar-refractivity contribution in [2.45, 2.75) is 62.7 Å². The minimum absolute atomic E-state index is 0.00998. The van der Waals surface area contributed by atoms with Gasteiger partial charge in [-0.15, -0.1) is 0 Å². The summed E-state index contributed by atoms with van der Waals surface area (Å²) < 4.78 is 58.1. The Hall–Kier alpha value is -3.60. The van der Waals surface area contributed by atoms with E-state index in [1.807, 2.05) is 21.9 Å². The molecule has 1 unspecified atom stereocenters. The van der Waals surface area contributed by atoms with Gasteiger partial charge in [-0.25, -0.2) is 14.2 Å². The lowest BCUT2D eigenvalue weighted by Gasteiger charge is -2.36. The summed E-state index contributed by atoms with van der Waals surface area (Å²) in [6, 6.07) is 12.4. The maximum atomic E-state index is 13.9. The van der Waals surface area contributed by atoms with E-state index in [9.17, 15) is 27.2 Å². The van der Waals surface area contributed by atoms with Gasteiger partial charge in [0.25, 0.3) is 0 Å². The van der Waals surface area contributed by atoms with Crippen LogP contribution in [0.4, 0.5) is 22.4 Å². The first-order valence-electron chi connectivity index (χ1n) is 14.9. The Labute approximate surface area is 258 Å². The first-order chi connectivity index (χ1) is 21.1. The van der Waals surface area contributed by atoms with Crippen LogP contribution in [0.2, 0.25) is 5.02 Å². The molecule has 44 heavy (non-hydrogen) atoms. The van der Waals surface area contributed by atoms with E-state index in [1.54, 1.807) is 17.0 Å². The number of benzene rings is 2. The Morgan fingerprint density at radius 3 is 2.20 bits per heavy atom. The van der Waals surface area contributed by atoms with Gasteiger partial charge in [-0.05, 0) is 74.1 Å². The van der Waals surface area contributed by atoms with Gasteiger partial charge in [-0.3, -0.25) is 9.69 Å². The Bertz CT molecular complexity index is 1430. The van der Waals surface area contributed by atoms with Crippen LogP contribution >= 0.6 is 11.6 Å². The van der Waals surface area contributed by atoms with Crippen LogP contribution < -0.4 is 4.74 Å². The van der Waals surface area contributed by atoms with Crippen LogP contribution in [0.25, 0.3) is 0 Å². The molecule has 0 N–H and O–H groups in total. The molecule has 234 valence electrons. The van der Waals surface area contributed by atoms with Gasteiger partial charge in [0.15, 0.2) is 0 Å². The first-order valence-corrected chi connectivity index (χ1v) is 15.3. The maximum Gasteiger partial charge on any atom is 0.415 e. The summed E-state index contributed by atoms with van der Waals surface area (Å²) in [7, 11) is 0. The van der Waals surface area contributed by atoms with Crippen molar-refractivity contribution >= 4 is 29.4 Å². The van der Waals surface area contributed by atoms with Crippen molar-refractivity contribution < 1.29 is 31.9 Å². The zero-order valence-corrected chi connectivity index (χ0v) is 24.7. The van der Waals surface area contributed by atoms with E-state index < -0.39 is 23.7 Å². The van der Waals surface area contributed by atoms with Crippen molar-refractivity contribution in [1.29, 1.82) is 0 Å². The van der Waals surface area contributed by atoms with E-state index in [0.29, 0.717) is 49.9 Å². The molecule has 2 aromatic rings. The molecule has 0 bridgehead atoms. The highest BCUT2D eigenvalue weighted by Crippen LogP contribution is 2.40. The molecule has 1 aliphatic carbocycles. The second-order valence-electron chi connectivity index (χ2n) is 11.9. The smallest absolute Gasteiger partial charge is 0.410 e. The zero-order chi connectivity index (χ0) is 31.0. The second-order valence-corrected chi connectivity index (χ2v) is 12.3. The number of piperidine rings is 1. The number of amides is 2. The van der Waals surface area contributed by atoms with E-state index >= 15 is 0 Å². The van der Waals surface area contributed by atoms with Crippen LogP contribution in [0.5, 0.6) is 5.75 Å². The van der Waals surface area contributed by atoms with Crippen molar-refractivity contribution in [3.63, 3.8) is 0 Å². The number of amidine groups is 1. The lowest BCUT2D eigenvalue weighted by atomic mass is 9.93. The summed E-state index contributed by atoms with van der Waals surface area (Å²) in [6.45, 7) is 1.86. The SMILES string of the molecule is O=C(C1CCN(C2=NC=C(C(F)(F)F)CC2)CC1)N1CC(c2ccc(Cl)cc2)[C@H](N(C(=O)Oc2ccc(F)cc2)C2CC2)C1. The Kier molecular flexibility index (Phi) is 8.59. The number of rotatable bonds is 5. The van der Waals surface area contributed by atoms with Gasteiger partial charge >= 0.3 is 12.3 Å². The van der Waals surface area contributed by atoms with Crippen LogP contribution in [0.1, 0.15) is 50.0 Å². The number of carbonyl (C=O) groups is 2. The monoisotopic (exact) mass is 632 g/mol. The molecule has 3 fully saturated rings. The average molecular weight is 633 g/mol. The molecule has 2 atom stereocenters. The van der Waals surface area contributed by atoms with Gasteiger partial charge in [-0.1, -0.05) is 23.7 Å². The largest absolute Gasteiger partial charge is 0.415 e. The molecule has 12 heteroatoms. The third-order valence-electron chi connectivity index (χ3n) is 8.99. The minimum atomic E-state index is -4.36. The summed E-state index contributed by atoms with van der Waals surface area (Å²) in [5, 5.41) is 0.588. The number of halogens is 5. The number of alkyl halides is 3. The van der Waals surface area contributed by atoms with Crippen LogP contribution in [0, 0.1) is 11.7 Å². The van der Waals surface area contributed by atoms with Crippen LogP contribution in [-0.2, 0) is 4.79 Å². The lowest BCUT2D eigenvalue weighted by molar-refractivity contribution is -0.136. The summed E-state index contributed by atoms with van der Waals surface area (Å²) in [5.41, 5.74) is 0.346. The third-order valence-corrected chi connectivity index (χ3v) is 9.24. The molecule has 2 amide bonds. The predicted molar refractivity (Wildman–Crippen MR) is 157 cm³/mol. The maximum absolute atomic E-state index is 13.9. The summed E-state index contributed by atoms with van der Waals surface area (Å²) >= 11 is 6.16. The van der Waals surface area contributed by atoms with Gasteiger partial charge in [-0.2, -0.15) is 13.2 Å². The first kappa shape index (κ1) is 30.4. The van der Waals surface area contributed by atoms with Gasteiger partial charge in [0.2, 0.25) is 5.91 Å². The summed E-state index contributed by atoms with van der Waals surface area (Å²) in [6.07, 6.45) is -1.03. The normalized spacial score (nSPS) is 22.8. The van der Waals surface area contributed by atoms with Crippen molar-refractivity contribution in [3.8, 4) is 5.75 Å². The second kappa shape index (κ2) is 12.4. The molecule has 0 aromatic heterocycles. The number of aliphatic imine (C=N–C) groups is 1. The molecule has 3 aliphatic heterocycles. The number of hydrogen-bond acceptors (Lipinski definition) is 5. The topological polar surface area (TPSA) is 65.5 Å². The fraction of sp³-hybridized carbons (Fsp3) is 0.469. The quantitative estimate of drug-likeness (QED) is 0.341. The molecule has 0 spiro atoms. The number of hydrogen-bond donors (Lipinski definition) is 0. The predicted octanol–water partition coefficient (Wildman–Crippen LogP) is 6.79. The minimum Gasteiger partial charge on any atom is -0.410 e. The van der Waals surface area contributed by atoms with E-state index in [-0.39, 0.29) is 48.4 Å². The molecule has 2 aromatic carbocycles. The van der Waals surface area contributed by atoms with Crippen LogP contribution in [0.3, 0.4) is 0 Å². The molecule has 1 saturated carbocycles. The third kappa shape index (κ3) is 6.72. The standard InChI is InChI=1S/C32H33ClF4N4O3/c33-23-4-1-20(2-5-23)27-18-40(19-28(27)41(25-8-9-25)31(43)44-26-10-6-24(34)7-11-26)30(42)21-13-15-39(16-14-21)29-12-3-22(17-38-29)32(35,36)37/h1-2,4-7,10-11,17,21,25,27-28H,3,8-9,12-16,18-19H2/t27?,28-/m1/s1. The molecule has 3 heterocycles. The highest BCUT2D eigenvalue weighted by Gasteiger charge is 2.48. The molecule has 4 aliphatic rings.